The predicted molar refractivity (Wildman–Crippen MR) is 165 cm³/mol. The van der Waals surface area contributed by atoms with Crippen LogP contribution in [0.25, 0.3) is 10.9 Å². The Bertz CT molecular complexity index is 1870. The minimum Gasteiger partial charge on any atom is -0.370 e. The van der Waals surface area contributed by atoms with E-state index in [-0.39, 0.29) is 46.2 Å². The number of nitrogens with one attached hydrogen (secondary N) is 1. The molecule has 236 valence electrons. The van der Waals surface area contributed by atoms with E-state index in [9.17, 15) is 18.4 Å². The molecular weight excluding hydrogens is 571 g/mol. The maximum atomic E-state index is 15.2. The fourth-order valence-corrected chi connectivity index (χ4v) is 5.77. The zero-order valence-electron chi connectivity index (χ0n) is 31.4. The van der Waals surface area contributed by atoms with Crippen LogP contribution in [-0.2, 0) is 22.2 Å². The Kier molecular flexibility index (Phi) is 7.75. The number of likely N-dealkylation sites (tertiary alicyclic amines) is 1. The minimum absolute atomic E-state index is 0.0406. The summed E-state index contributed by atoms with van der Waals surface area (Å²) in [6.07, 6.45) is -2.40. The smallest absolute Gasteiger partial charge is 0.266 e. The van der Waals surface area contributed by atoms with Gasteiger partial charge in [-0.25, -0.2) is 18.2 Å². The van der Waals surface area contributed by atoms with Crippen LogP contribution >= 0.6 is 0 Å². The molecular formula is C33H40F3N5O3. The number of carbonyl (C=O) groups is 1. The first-order valence-electron chi connectivity index (χ1n) is 17.3. The molecule has 0 saturated carbocycles. The number of carbonyl (C=O) groups excluding carboxylic acids is 1. The molecule has 8 nitrogen and oxygen atoms in total. The maximum Gasteiger partial charge on any atom is 0.266 e. The summed E-state index contributed by atoms with van der Waals surface area (Å²) < 4.78 is 95.8. The Morgan fingerprint density at radius 2 is 1.95 bits per heavy atom. The van der Waals surface area contributed by atoms with E-state index in [4.69, 9.17) is 13.0 Å². The van der Waals surface area contributed by atoms with Crippen LogP contribution in [0.4, 0.5) is 19.0 Å². The highest BCUT2D eigenvalue weighted by molar-refractivity contribution is 5.95. The molecule has 1 amide bonds. The summed E-state index contributed by atoms with van der Waals surface area (Å²) in [5.41, 5.74) is -1.29. The lowest BCUT2D eigenvalue weighted by atomic mass is 9.83. The van der Waals surface area contributed by atoms with Gasteiger partial charge < -0.3 is 19.5 Å². The normalized spacial score (nSPS) is 18.0. The van der Waals surface area contributed by atoms with Crippen molar-refractivity contribution in [2.24, 2.45) is 7.05 Å². The van der Waals surface area contributed by atoms with E-state index < -0.39 is 55.5 Å². The largest absolute Gasteiger partial charge is 0.370 e. The Balaban J connectivity index is 1.96. The van der Waals surface area contributed by atoms with Gasteiger partial charge in [-0.15, -0.1) is 0 Å². The quantitative estimate of drug-likeness (QED) is 0.347. The molecule has 1 aliphatic rings. The van der Waals surface area contributed by atoms with E-state index in [1.165, 1.54) is 30.7 Å². The molecule has 1 aliphatic heterocycles. The van der Waals surface area contributed by atoms with Crippen molar-refractivity contribution in [2.45, 2.75) is 58.6 Å². The van der Waals surface area contributed by atoms with Crippen LogP contribution in [0, 0.1) is 24.6 Å². The topological polar surface area (TPSA) is 79.7 Å². The van der Waals surface area contributed by atoms with E-state index in [0.717, 1.165) is 6.07 Å². The number of ether oxygens (including phenoxy) is 1. The molecule has 1 N–H and O–H groups in total. The van der Waals surface area contributed by atoms with Gasteiger partial charge in [0.25, 0.3) is 12.0 Å². The van der Waals surface area contributed by atoms with Crippen molar-refractivity contribution in [3.05, 3.63) is 68.4 Å². The third-order valence-electron chi connectivity index (χ3n) is 8.04. The summed E-state index contributed by atoms with van der Waals surface area (Å²) in [6.45, 7) is 0.759. The SMILES string of the molecule is [2H]C([2H])([2H])N(CC#Cc1c(C)nc(N[C@H](C)c2cccc(C(F)F)c2F)c2cc(C3(OCC)CCN(C(C)=O)CC3)c(=O)n(C)c12)C([2H])([2H])[2H]. The Hall–Kier alpha value is -3.88. The number of alkyl halides is 2. The van der Waals surface area contributed by atoms with Crippen LogP contribution < -0.4 is 10.9 Å². The first-order valence-corrected chi connectivity index (χ1v) is 14.3. The van der Waals surface area contributed by atoms with E-state index in [1.54, 1.807) is 31.7 Å². The van der Waals surface area contributed by atoms with Crippen molar-refractivity contribution >= 4 is 22.6 Å². The number of nitrogens with zero attached hydrogens (tertiary/aromatic N) is 4. The van der Waals surface area contributed by atoms with Crippen LogP contribution in [0.2, 0.25) is 0 Å². The zero-order chi connectivity index (χ0) is 37.3. The van der Waals surface area contributed by atoms with E-state index in [1.807, 2.05) is 0 Å². The Morgan fingerprint density at radius 1 is 1.27 bits per heavy atom. The number of anilines is 1. The fourth-order valence-electron chi connectivity index (χ4n) is 5.77. The molecule has 1 saturated heterocycles. The minimum atomic E-state index is -3.03. The second-order valence-electron chi connectivity index (χ2n) is 10.8. The van der Waals surface area contributed by atoms with Crippen LogP contribution in [0.5, 0.6) is 0 Å². The molecule has 4 rings (SSSR count). The summed E-state index contributed by atoms with van der Waals surface area (Å²) in [7, 11) is 1.51. The standard InChI is InChI=1S/C33H40F3N5O3/c1-8-44-33(14-17-41(18-15-33)22(4)42)27-19-26-29(40(7)32(27)43)24(13-10-16-39(5)6)21(3)38-31(26)37-20(2)23-11-9-12-25(28(23)34)30(35)36/h9,11-12,19-20,30H,8,14-18H2,1-7H3,(H,37,38)/t20-/m1/s1/i5D3,6D3. The van der Waals surface area contributed by atoms with Crippen molar-refractivity contribution in [1.82, 2.24) is 19.4 Å². The average Bonchev–Trinajstić information content (AvgIpc) is 3.01. The first kappa shape index (κ1) is 25.4. The molecule has 0 spiro atoms. The number of hydrogen-bond acceptors (Lipinski definition) is 6. The highest BCUT2D eigenvalue weighted by Gasteiger charge is 2.40. The second kappa shape index (κ2) is 13.4. The summed E-state index contributed by atoms with van der Waals surface area (Å²) in [6, 6.07) is 4.44. The fraction of sp³-hybridized carbons (Fsp3) is 0.485. The van der Waals surface area contributed by atoms with Gasteiger partial charge >= 0.3 is 0 Å². The summed E-state index contributed by atoms with van der Waals surface area (Å²) in [4.78, 5) is 33.0. The molecule has 3 aromatic rings. The lowest BCUT2D eigenvalue weighted by molar-refractivity contribution is -0.136. The first-order chi connectivity index (χ1) is 23.2. The predicted octanol–water partition coefficient (Wildman–Crippen LogP) is 5.28. The molecule has 0 bridgehead atoms. The molecule has 11 heteroatoms. The molecule has 3 heterocycles. The monoisotopic (exact) mass is 617 g/mol. The maximum absolute atomic E-state index is 15.2. The second-order valence-corrected chi connectivity index (χ2v) is 10.8. The van der Waals surface area contributed by atoms with E-state index in [2.05, 4.69) is 22.1 Å². The third-order valence-corrected chi connectivity index (χ3v) is 8.04. The van der Waals surface area contributed by atoms with Gasteiger partial charge in [-0.05, 0) is 53.6 Å². The lowest BCUT2D eigenvalue weighted by Gasteiger charge is -2.41. The number of pyridine rings is 2. The van der Waals surface area contributed by atoms with Crippen molar-refractivity contribution in [3.63, 3.8) is 0 Å². The number of fused-ring (bicyclic) bond motifs is 1. The average molecular weight is 618 g/mol. The lowest BCUT2D eigenvalue weighted by Crippen LogP contribution is -2.48. The van der Waals surface area contributed by atoms with Crippen LogP contribution in [0.15, 0.2) is 29.1 Å². The molecule has 44 heavy (non-hydrogen) atoms. The number of piperidine rings is 1. The number of rotatable bonds is 8. The van der Waals surface area contributed by atoms with Gasteiger partial charge in [0.1, 0.15) is 17.2 Å². The number of aromatic nitrogens is 2. The molecule has 1 aromatic carbocycles. The van der Waals surface area contributed by atoms with Crippen LogP contribution in [0.1, 0.15) is 82.3 Å². The van der Waals surface area contributed by atoms with Gasteiger partial charge in [0.2, 0.25) is 5.91 Å². The van der Waals surface area contributed by atoms with Crippen molar-refractivity contribution < 1.29 is 30.9 Å². The Morgan fingerprint density at radius 3 is 2.57 bits per heavy atom. The van der Waals surface area contributed by atoms with Gasteiger partial charge in [0, 0.05) is 52.8 Å². The number of benzene rings is 1. The molecule has 0 unspecified atom stereocenters. The van der Waals surface area contributed by atoms with E-state index in [0.29, 0.717) is 36.2 Å². The number of hydrogen-bond donors (Lipinski definition) is 1. The van der Waals surface area contributed by atoms with Gasteiger partial charge in [-0.1, -0.05) is 30.0 Å². The molecule has 1 fully saturated rings. The highest BCUT2D eigenvalue weighted by Crippen LogP contribution is 2.38. The van der Waals surface area contributed by atoms with Crippen molar-refractivity contribution in [2.75, 3.05) is 45.5 Å². The van der Waals surface area contributed by atoms with Gasteiger partial charge in [0.05, 0.1) is 40.5 Å². The number of amides is 1. The van der Waals surface area contributed by atoms with Gasteiger partial charge in [0.15, 0.2) is 0 Å². The molecule has 2 aromatic heterocycles. The van der Waals surface area contributed by atoms with Crippen LogP contribution in [0.3, 0.4) is 0 Å². The molecule has 0 radical (unpaired) electrons. The zero-order valence-corrected chi connectivity index (χ0v) is 25.4. The van der Waals surface area contributed by atoms with Crippen molar-refractivity contribution in [1.29, 1.82) is 0 Å². The van der Waals surface area contributed by atoms with E-state index >= 15 is 4.39 Å². The third kappa shape index (κ3) is 6.47. The number of aryl methyl sites for hydroxylation is 2. The van der Waals surface area contributed by atoms with Gasteiger partial charge in [-0.3, -0.25) is 14.5 Å². The number of halogens is 3. The highest BCUT2D eigenvalue weighted by atomic mass is 19.3. The van der Waals surface area contributed by atoms with Gasteiger partial charge in [-0.2, -0.15) is 0 Å². The Labute approximate surface area is 264 Å². The summed E-state index contributed by atoms with van der Waals surface area (Å²) >= 11 is 0. The molecule has 1 atom stereocenters. The molecule has 0 aliphatic carbocycles. The van der Waals surface area contributed by atoms with Crippen LogP contribution in [-0.4, -0.2) is 65.5 Å². The summed E-state index contributed by atoms with van der Waals surface area (Å²) in [5, 5.41) is 3.46. The van der Waals surface area contributed by atoms with Crippen molar-refractivity contribution in [3.8, 4) is 11.8 Å². The summed E-state index contributed by atoms with van der Waals surface area (Å²) in [5.74, 6) is 4.45.